The molecule has 3 nitrogen and oxygen atoms in total. The lowest BCUT2D eigenvalue weighted by Crippen LogP contribution is -1.98. The minimum atomic E-state index is 0.427. The van der Waals surface area contributed by atoms with Crippen molar-refractivity contribution in [1.29, 1.82) is 0 Å². The Morgan fingerprint density at radius 3 is 2.60 bits per heavy atom. The van der Waals surface area contributed by atoms with Crippen molar-refractivity contribution in [1.82, 2.24) is 9.97 Å². The van der Waals surface area contributed by atoms with Gasteiger partial charge in [-0.05, 0) is 28.1 Å². The molecule has 0 bridgehead atoms. The van der Waals surface area contributed by atoms with Crippen LogP contribution in [0.5, 0.6) is 0 Å². The van der Waals surface area contributed by atoms with Gasteiger partial charge in [-0.2, -0.15) is 0 Å². The highest BCUT2D eigenvalue weighted by Crippen LogP contribution is 2.24. The van der Waals surface area contributed by atoms with Gasteiger partial charge in [0.2, 0.25) is 0 Å². The van der Waals surface area contributed by atoms with Crippen LogP contribution in [0.25, 0.3) is 11.3 Å². The fourth-order valence-electron chi connectivity index (χ4n) is 1.37. The SMILES string of the molecule is NCc1[nH]c(Br)nc1-c1ccc(Cl)cc1. The number of imidazole rings is 1. The molecular formula is C10H9BrClN3. The zero-order chi connectivity index (χ0) is 10.8. The van der Waals surface area contributed by atoms with Gasteiger partial charge < -0.3 is 10.7 Å². The number of H-pyrrole nitrogens is 1. The maximum Gasteiger partial charge on any atom is 0.175 e. The molecule has 15 heavy (non-hydrogen) atoms. The Balaban J connectivity index is 2.48. The minimum Gasteiger partial charge on any atom is -0.335 e. The fourth-order valence-corrected chi connectivity index (χ4v) is 1.91. The van der Waals surface area contributed by atoms with Crippen molar-refractivity contribution in [3.8, 4) is 11.3 Å². The molecule has 5 heteroatoms. The maximum absolute atomic E-state index is 5.82. The van der Waals surface area contributed by atoms with Crippen LogP contribution in [0.4, 0.5) is 0 Å². The molecule has 0 unspecified atom stereocenters. The normalized spacial score (nSPS) is 10.6. The largest absolute Gasteiger partial charge is 0.335 e. The quantitative estimate of drug-likeness (QED) is 0.892. The molecule has 1 aromatic carbocycles. The number of halogens is 2. The zero-order valence-corrected chi connectivity index (χ0v) is 10.1. The second-order valence-corrected chi connectivity index (χ2v) is 4.25. The summed E-state index contributed by atoms with van der Waals surface area (Å²) in [6, 6.07) is 7.51. The molecule has 0 aliphatic carbocycles. The van der Waals surface area contributed by atoms with E-state index < -0.39 is 0 Å². The molecule has 0 atom stereocenters. The summed E-state index contributed by atoms with van der Waals surface area (Å²) in [7, 11) is 0. The van der Waals surface area contributed by atoms with Gasteiger partial charge in [0.25, 0.3) is 0 Å². The summed E-state index contributed by atoms with van der Waals surface area (Å²) in [5, 5.41) is 0.711. The van der Waals surface area contributed by atoms with E-state index in [4.69, 9.17) is 17.3 Å². The standard InChI is InChI=1S/C10H9BrClN3/c11-10-14-8(5-13)9(15-10)6-1-3-7(12)4-2-6/h1-4H,5,13H2,(H,14,15). The Bertz CT molecular complexity index is 464. The molecule has 2 aromatic rings. The van der Waals surface area contributed by atoms with Crippen molar-refractivity contribution in [2.45, 2.75) is 6.54 Å². The van der Waals surface area contributed by atoms with Crippen LogP contribution in [-0.4, -0.2) is 9.97 Å². The highest BCUT2D eigenvalue weighted by Gasteiger charge is 2.09. The maximum atomic E-state index is 5.82. The van der Waals surface area contributed by atoms with Crippen molar-refractivity contribution < 1.29 is 0 Å². The monoisotopic (exact) mass is 285 g/mol. The summed E-state index contributed by atoms with van der Waals surface area (Å²) in [6.07, 6.45) is 0. The number of benzene rings is 1. The third-order valence-corrected chi connectivity index (χ3v) is 2.70. The van der Waals surface area contributed by atoms with Crippen LogP contribution in [0.15, 0.2) is 29.0 Å². The first-order valence-electron chi connectivity index (χ1n) is 4.41. The van der Waals surface area contributed by atoms with Crippen LogP contribution in [0, 0.1) is 0 Å². The molecule has 0 saturated heterocycles. The van der Waals surface area contributed by atoms with Gasteiger partial charge in [-0.15, -0.1) is 0 Å². The Morgan fingerprint density at radius 1 is 1.33 bits per heavy atom. The van der Waals surface area contributed by atoms with Crippen LogP contribution in [0.2, 0.25) is 5.02 Å². The van der Waals surface area contributed by atoms with Gasteiger partial charge in [0, 0.05) is 17.1 Å². The summed E-state index contributed by atoms with van der Waals surface area (Å²) in [5.74, 6) is 0. The van der Waals surface area contributed by atoms with E-state index in [1.165, 1.54) is 0 Å². The fraction of sp³-hybridized carbons (Fsp3) is 0.100. The van der Waals surface area contributed by atoms with Gasteiger partial charge >= 0.3 is 0 Å². The van der Waals surface area contributed by atoms with Gasteiger partial charge in [-0.3, -0.25) is 0 Å². The number of aromatic amines is 1. The Morgan fingerprint density at radius 2 is 2.00 bits per heavy atom. The Kier molecular flexibility index (Phi) is 3.09. The third-order valence-electron chi connectivity index (χ3n) is 2.07. The van der Waals surface area contributed by atoms with Gasteiger partial charge in [0.05, 0.1) is 11.4 Å². The average molecular weight is 287 g/mol. The lowest BCUT2D eigenvalue weighted by molar-refractivity contribution is 1.01. The molecule has 0 saturated carbocycles. The molecule has 0 aliphatic rings. The predicted molar refractivity (Wildman–Crippen MR) is 64.6 cm³/mol. The van der Waals surface area contributed by atoms with E-state index in [2.05, 4.69) is 25.9 Å². The van der Waals surface area contributed by atoms with Crippen molar-refractivity contribution in [2.24, 2.45) is 5.73 Å². The Hall–Kier alpha value is -0.840. The molecular weight excluding hydrogens is 277 g/mol. The first-order chi connectivity index (χ1) is 7.20. The second-order valence-electron chi connectivity index (χ2n) is 3.07. The van der Waals surface area contributed by atoms with Crippen LogP contribution in [0.3, 0.4) is 0 Å². The van der Waals surface area contributed by atoms with Crippen LogP contribution < -0.4 is 5.73 Å². The summed E-state index contributed by atoms with van der Waals surface area (Å²) in [5.41, 5.74) is 8.38. The molecule has 3 N–H and O–H groups in total. The lowest BCUT2D eigenvalue weighted by atomic mass is 10.1. The van der Waals surface area contributed by atoms with Crippen molar-refractivity contribution >= 4 is 27.5 Å². The van der Waals surface area contributed by atoms with Crippen molar-refractivity contribution in [3.05, 3.63) is 39.7 Å². The molecule has 1 heterocycles. The minimum absolute atomic E-state index is 0.427. The van der Waals surface area contributed by atoms with Crippen LogP contribution >= 0.6 is 27.5 Å². The summed E-state index contributed by atoms with van der Waals surface area (Å²) >= 11 is 9.10. The summed E-state index contributed by atoms with van der Waals surface area (Å²) in [4.78, 5) is 7.37. The van der Waals surface area contributed by atoms with E-state index >= 15 is 0 Å². The van der Waals surface area contributed by atoms with E-state index in [9.17, 15) is 0 Å². The van der Waals surface area contributed by atoms with Gasteiger partial charge in [0.1, 0.15) is 0 Å². The van der Waals surface area contributed by atoms with Crippen molar-refractivity contribution in [3.63, 3.8) is 0 Å². The second kappa shape index (κ2) is 4.35. The van der Waals surface area contributed by atoms with Crippen molar-refractivity contribution in [2.75, 3.05) is 0 Å². The number of aromatic nitrogens is 2. The zero-order valence-electron chi connectivity index (χ0n) is 7.80. The van der Waals surface area contributed by atoms with Crippen LogP contribution in [-0.2, 0) is 6.54 Å². The van der Waals surface area contributed by atoms with Gasteiger partial charge in [-0.25, -0.2) is 4.98 Å². The van der Waals surface area contributed by atoms with Gasteiger partial charge in [-0.1, -0.05) is 23.7 Å². The predicted octanol–water partition coefficient (Wildman–Crippen LogP) is 2.95. The number of nitrogens with two attached hydrogens (primary N) is 1. The molecule has 0 fully saturated rings. The van der Waals surface area contributed by atoms with Crippen LogP contribution in [0.1, 0.15) is 5.69 Å². The Labute approximate surface area is 101 Å². The third kappa shape index (κ3) is 2.22. The molecule has 0 spiro atoms. The number of hydrogen-bond acceptors (Lipinski definition) is 2. The molecule has 2 rings (SSSR count). The lowest BCUT2D eigenvalue weighted by Gasteiger charge is -1.99. The molecule has 1 aromatic heterocycles. The molecule has 0 radical (unpaired) electrons. The van der Waals surface area contributed by atoms with Gasteiger partial charge in [0.15, 0.2) is 4.73 Å². The summed E-state index contributed by atoms with van der Waals surface area (Å²) < 4.78 is 0.688. The smallest absolute Gasteiger partial charge is 0.175 e. The average Bonchev–Trinajstić information content (AvgIpc) is 2.61. The number of nitrogens with zero attached hydrogens (tertiary/aromatic N) is 1. The molecule has 0 aliphatic heterocycles. The van der Waals surface area contributed by atoms with E-state index in [1.54, 1.807) is 0 Å². The highest BCUT2D eigenvalue weighted by molar-refractivity contribution is 9.10. The first kappa shape index (κ1) is 10.7. The molecule has 0 amide bonds. The van der Waals surface area contributed by atoms with E-state index in [-0.39, 0.29) is 0 Å². The number of nitrogens with one attached hydrogen (secondary N) is 1. The number of hydrogen-bond donors (Lipinski definition) is 2. The van der Waals surface area contributed by atoms with E-state index in [0.717, 1.165) is 17.0 Å². The van der Waals surface area contributed by atoms with E-state index in [0.29, 0.717) is 16.3 Å². The first-order valence-corrected chi connectivity index (χ1v) is 5.58. The highest BCUT2D eigenvalue weighted by atomic mass is 79.9. The van der Waals surface area contributed by atoms with E-state index in [1.807, 2.05) is 24.3 Å². The topological polar surface area (TPSA) is 54.7 Å². The summed E-state index contributed by atoms with van der Waals surface area (Å²) in [6.45, 7) is 0.427. The number of rotatable bonds is 2. The molecule has 78 valence electrons.